The largest absolute Gasteiger partial charge is 0.357 e. The van der Waals surface area contributed by atoms with E-state index >= 15 is 0 Å². The van der Waals surface area contributed by atoms with Gasteiger partial charge in [-0.05, 0) is 37.5 Å². The van der Waals surface area contributed by atoms with Crippen LogP contribution in [0.4, 0.5) is 0 Å². The van der Waals surface area contributed by atoms with E-state index in [2.05, 4.69) is 37.9 Å². The van der Waals surface area contributed by atoms with Gasteiger partial charge in [-0.1, -0.05) is 24.6 Å². The van der Waals surface area contributed by atoms with E-state index in [0.717, 1.165) is 22.7 Å². The predicted octanol–water partition coefficient (Wildman–Crippen LogP) is 4.00. The maximum Gasteiger partial charge on any atom is 0.0694 e. The zero-order valence-electron chi connectivity index (χ0n) is 8.74. The second-order valence-electron chi connectivity index (χ2n) is 3.78. The fraction of sp³-hybridized carbons (Fsp3) is 0.333. The van der Waals surface area contributed by atoms with Gasteiger partial charge in [0.2, 0.25) is 0 Å². The minimum atomic E-state index is 0.889. The fourth-order valence-corrected chi connectivity index (χ4v) is 2.40. The molecule has 74 valence electrons. The lowest BCUT2D eigenvalue weighted by molar-refractivity contribution is 1.07. The minimum absolute atomic E-state index is 0.889. The maximum atomic E-state index is 6.28. The van der Waals surface area contributed by atoms with Crippen molar-refractivity contribution in [3.8, 4) is 0 Å². The Kier molecular flexibility index (Phi) is 2.28. The average molecular weight is 208 g/mol. The van der Waals surface area contributed by atoms with Crippen molar-refractivity contribution < 1.29 is 0 Å². The number of benzene rings is 1. The third-order valence-electron chi connectivity index (χ3n) is 2.60. The molecule has 0 aliphatic heterocycles. The zero-order valence-corrected chi connectivity index (χ0v) is 9.50. The number of halogens is 1. The lowest BCUT2D eigenvalue weighted by Crippen LogP contribution is -1.78. The molecule has 14 heavy (non-hydrogen) atoms. The van der Waals surface area contributed by atoms with E-state index in [-0.39, 0.29) is 0 Å². The first-order chi connectivity index (χ1) is 6.63. The highest BCUT2D eigenvalue weighted by atomic mass is 35.5. The number of nitrogens with one attached hydrogen (secondary N) is 1. The molecule has 0 radical (unpaired) electrons. The summed E-state index contributed by atoms with van der Waals surface area (Å²) >= 11 is 6.28. The normalized spacial score (nSPS) is 11.1. The minimum Gasteiger partial charge on any atom is -0.357 e. The molecule has 0 unspecified atom stereocenters. The molecule has 0 amide bonds. The van der Waals surface area contributed by atoms with Gasteiger partial charge in [-0.3, -0.25) is 0 Å². The van der Waals surface area contributed by atoms with Crippen LogP contribution >= 0.6 is 11.6 Å². The van der Waals surface area contributed by atoms with Gasteiger partial charge < -0.3 is 4.98 Å². The Morgan fingerprint density at radius 1 is 1.29 bits per heavy atom. The number of fused-ring (bicyclic) bond motifs is 1. The van der Waals surface area contributed by atoms with Crippen molar-refractivity contribution in [1.82, 2.24) is 4.98 Å². The molecule has 1 aromatic carbocycles. The summed E-state index contributed by atoms with van der Waals surface area (Å²) < 4.78 is 0. The van der Waals surface area contributed by atoms with Crippen molar-refractivity contribution in [3.05, 3.63) is 34.0 Å². The fourth-order valence-electron chi connectivity index (χ4n) is 1.97. The molecule has 2 rings (SSSR count). The topological polar surface area (TPSA) is 15.8 Å². The quantitative estimate of drug-likeness (QED) is 0.728. The molecule has 0 aliphatic rings. The van der Waals surface area contributed by atoms with Gasteiger partial charge in [0.25, 0.3) is 0 Å². The molecule has 1 aromatic heterocycles. The Hall–Kier alpha value is -0.950. The molecule has 0 atom stereocenters. The first-order valence-corrected chi connectivity index (χ1v) is 5.28. The van der Waals surface area contributed by atoms with E-state index in [1.54, 1.807) is 0 Å². The van der Waals surface area contributed by atoms with E-state index in [4.69, 9.17) is 11.6 Å². The highest BCUT2D eigenvalue weighted by molar-refractivity contribution is 6.36. The van der Waals surface area contributed by atoms with Gasteiger partial charge in [0, 0.05) is 16.6 Å². The highest BCUT2D eigenvalue weighted by Gasteiger charge is 2.10. The summed E-state index contributed by atoms with van der Waals surface area (Å²) in [6, 6.07) is 4.31. The van der Waals surface area contributed by atoms with Crippen LogP contribution in [0, 0.1) is 13.8 Å². The molecule has 0 fully saturated rings. The van der Waals surface area contributed by atoms with E-state index in [1.165, 1.54) is 16.5 Å². The summed E-state index contributed by atoms with van der Waals surface area (Å²) in [5, 5.41) is 2.06. The maximum absolute atomic E-state index is 6.28. The van der Waals surface area contributed by atoms with Gasteiger partial charge in [0.1, 0.15) is 0 Å². The lowest BCUT2D eigenvalue weighted by Gasteiger charge is -1.99. The number of aryl methyl sites for hydroxylation is 3. The summed E-state index contributed by atoms with van der Waals surface area (Å²) in [6.45, 7) is 6.32. The van der Waals surface area contributed by atoms with Gasteiger partial charge in [-0.15, -0.1) is 0 Å². The van der Waals surface area contributed by atoms with Crippen LogP contribution in [0.25, 0.3) is 10.9 Å². The first kappa shape index (κ1) is 9.60. The summed E-state index contributed by atoms with van der Waals surface area (Å²) in [4.78, 5) is 3.36. The molecule has 0 saturated heterocycles. The number of hydrogen-bond donors (Lipinski definition) is 1. The van der Waals surface area contributed by atoms with E-state index in [9.17, 15) is 0 Å². The highest BCUT2D eigenvalue weighted by Crippen LogP contribution is 2.31. The van der Waals surface area contributed by atoms with Crippen molar-refractivity contribution in [3.63, 3.8) is 0 Å². The molecule has 0 bridgehead atoms. The van der Waals surface area contributed by atoms with Crippen molar-refractivity contribution >= 4 is 22.5 Å². The Morgan fingerprint density at radius 3 is 2.64 bits per heavy atom. The lowest BCUT2D eigenvalue weighted by atomic mass is 10.1. The number of aromatic amines is 1. The van der Waals surface area contributed by atoms with Crippen LogP contribution in [0.3, 0.4) is 0 Å². The molecular formula is C12H14ClN. The van der Waals surface area contributed by atoms with Crippen molar-refractivity contribution in [1.29, 1.82) is 0 Å². The zero-order chi connectivity index (χ0) is 10.3. The standard InChI is InChI=1S/C12H14ClN/c1-4-9-12(13)11-8(3)5-7(2)6-10(11)14-9/h5-6,14H,4H2,1-3H3. The van der Waals surface area contributed by atoms with E-state index in [0.29, 0.717) is 0 Å². The van der Waals surface area contributed by atoms with Crippen LogP contribution in [0.15, 0.2) is 12.1 Å². The van der Waals surface area contributed by atoms with Crippen LogP contribution in [-0.4, -0.2) is 4.98 Å². The summed E-state index contributed by atoms with van der Waals surface area (Å²) in [5.41, 5.74) is 4.82. The smallest absolute Gasteiger partial charge is 0.0694 e. The Morgan fingerprint density at radius 2 is 2.00 bits per heavy atom. The number of rotatable bonds is 1. The molecular weight excluding hydrogens is 194 g/mol. The summed E-state index contributed by atoms with van der Waals surface area (Å²) in [7, 11) is 0. The van der Waals surface area contributed by atoms with Gasteiger partial charge in [-0.25, -0.2) is 0 Å². The Balaban J connectivity index is 2.85. The Bertz CT molecular complexity index is 483. The molecule has 1 N–H and O–H groups in total. The van der Waals surface area contributed by atoms with Crippen LogP contribution in [0.5, 0.6) is 0 Å². The molecule has 0 spiro atoms. The van der Waals surface area contributed by atoms with E-state index in [1.807, 2.05) is 0 Å². The van der Waals surface area contributed by atoms with Crippen molar-refractivity contribution in [2.24, 2.45) is 0 Å². The molecule has 0 aliphatic carbocycles. The van der Waals surface area contributed by atoms with Gasteiger partial charge in [0.05, 0.1) is 5.02 Å². The summed E-state index contributed by atoms with van der Waals surface area (Å²) in [6.07, 6.45) is 0.950. The molecule has 2 aromatic rings. The average Bonchev–Trinajstić information content (AvgIpc) is 2.42. The van der Waals surface area contributed by atoms with Crippen molar-refractivity contribution in [2.45, 2.75) is 27.2 Å². The molecule has 1 nitrogen and oxygen atoms in total. The van der Waals surface area contributed by atoms with Gasteiger partial charge in [0.15, 0.2) is 0 Å². The first-order valence-electron chi connectivity index (χ1n) is 4.90. The second-order valence-corrected chi connectivity index (χ2v) is 4.15. The van der Waals surface area contributed by atoms with Gasteiger partial charge in [-0.2, -0.15) is 0 Å². The van der Waals surface area contributed by atoms with Crippen LogP contribution in [0.2, 0.25) is 5.02 Å². The summed E-state index contributed by atoms with van der Waals surface area (Å²) in [5.74, 6) is 0. The molecule has 0 saturated carbocycles. The molecule has 1 heterocycles. The number of H-pyrrole nitrogens is 1. The Labute approximate surface area is 89.1 Å². The third-order valence-corrected chi connectivity index (χ3v) is 3.02. The SMILES string of the molecule is CCc1[nH]c2cc(C)cc(C)c2c1Cl. The number of aromatic nitrogens is 1. The third kappa shape index (κ3) is 1.32. The van der Waals surface area contributed by atoms with Gasteiger partial charge >= 0.3 is 0 Å². The van der Waals surface area contributed by atoms with E-state index < -0.39 is 0 Å². The van der Waals surface area contributed by atoms with Crippen LogP contribution < -0.4 is 0 Å². The van der Waals surface area contributed by atoms with Crippen LogP contribution in [0.1, 0.15) is 23.7 Å². The van der Waals surface area contributed by atoms with Crippen LogP contribution in [-0.2, 0) is 6.42 Å². The number of hydrogen-bond acceptors (Lipinski definition) is 0. The predicted molar refractivity (Wildman–Crippen MR) is 62.2 cm³/mol. The monoisotopic (exact) mass is 207 g/mol. The molecule has 2 heteroatoms. The van der Waals surface area contributed by atoms with Crippen molar-refractivity contribution in [2.75, 3.05) is 0 Å². The second kappa shape index (κ2) is 3.32.